The van der Waals surface area contributed by atoms with Gasteiger partial charge in [-0.15, -0.1) is 12.4 Å². The number of anilines is 2. The van der Waals surface area contributed by atoms with Crippen LogP contribution in [-0.4, -0.2) is 62.2 Å². The predicted octanol–water partition coefficient (Wildman–Crippen LogP) is 4.61. The number of hydrogen-bond donors (Lipinski definition) is 1. The number of para-hydroxylation sites is 2. The minimum atomic E-state index is -0.537. The van der Waals surface area contributed by atoms with Gasteiger partial charge in [-0.25, -0.2) is 4.79 Å². The van der Waals surface area contributed by atoms with E-state index in [4.69, 9.17) is 9.47 Å². The molecule has 2 aromatic rings. The second-order valence-electron chi connectivity index (χ2n) is 9.23. The van der Waals surface area contributed by atoms with Gasteiger partial charge in [-0.1, -0.05) is 12.1 Å². The molecule has 186 valence electrons. The molecule has 0 aliphatic carbocycles. The summed E-state index contributed by atoms with van der Waals surface area (Å²) in [7, 11) is 1.70. The van der Waals surface area contributed by atoms with Gasteiger partial charge < -0.3 is 19.7 Å². The Morgan fingerprint density at radius 1 is 0.971 bits per heavy atom. The zero-order valence-electron chi connectivity index (χ0n) is 20.5. The fourth-order valence-electron chi connectivity index (χ4n) is 3.82. The number of hydrogen-bond acceptors (Lipinski definition) is 6. The molecule has 1 aliphatic rings. The molecule has 0 spiro atoms. The summed E-state index contributed by atoms with van der Waals surface area (Å²) in [6, 6.07) is 14.9. The van der Waals surface area contributed by atoms with Crippen LogP contribution in [0.4, 0.5) is 11.4 Å². The van der Waals surface area contributed by atoms with Gasteiger partial charge in [0.15, 0.2) is 0 Å². The zero-order chi connectivity index (χ0) is 23.8. The first kappa shape index (κ1) is 27.5. The summed E-state index contributed by atoms with van der Waals surface area (Å²) >= 11 is 0. The third-order valence-electron chi connectivity index (χ3n) is 5.48. The maximum atomic E-state index is 12.3. The Balaban J connectivity index is 0.00000408. The van der Waals surface area contributed by atoms with Gasteiger partial charge in [-0.05, 0) is 70.1 Å². The van der Waals surface area contributed by atoms with Gasteiger partial charge in [0.1, 0.15) is 11.4 Å². The molecule has 0 atom stereocenters. The first-order chi connectivity index (χ1) is 15.7. The number of benzene rings is 2. The van der Waals surface area contributed by atoms with Crippen LogP contribution in [-0.2, 0) is 9.53 Å². The summed E-state index contributed by atoms with van der Waals surface area (Å²) in [6.45, 7) is 10.2. The Bertz CT molecular complexity index is 936. The van der Waals surface area contributed by atoms with Crippen LogP contribution in [0.5, 0.6) is 5.75 Å². The van der Waals surface area contributed by atoms with Crippen LogP contribution in [0.15, 0.2) is 48.5 Å². The lowest BCUT2D eigenvalue weighted by Gasteiger charge is -2.36. The molecular formula is C26H36ClN3O4. The number of methoxy groups -OCH3 is 1. The largest absolute Gasteiger partial charge is 0.495 e. The van der Waals surface area contributed by atoms with E-state index in [1.54, 1.807) is 31.4 Å². The second kappa shape index (κ2) is 12.6. The number of rotatable bonds is 8. The summed E-state index contributed by atoms with van der Waals surface area (Å²) in [5.41, 5.74) is 1.75. The number of nitrogens with one attached hydrogen (secondary N) is 1. The first-order valence-electron chi connectivity index (χ1n) is 11.5. The average Bonchev–Trinajstić information content (AvgIpc) is 2.79. The van der Waals surface area contributed by atoms with Crippen molar-refractivity contribution in [2.45, 2.75) is 39.2 Å². The molecule has 0 radical (unpaired) electrons. The van der Waals surface area contributed by atoms with E-state index in [9.17, 15) is 9.59 Å². The summed E-state index contributed by atoms with van der Waals surface area (Å²) in [4.78, 5) is 29.2. The van der Waals surface area contributed by atoms with Crippen molar-refractivity contribution in [1.29, 1.82) is 0 Å². The number of ether oxygens (including phenoxy) is 2. The molecule has 3 rings (SSSR count). The van der Waals surface area contributed by atoms with Crippen LogP contribution in [0.2, 0.25) is 0 Å². The molecule has 0 unspecified atom stereocenters. The highest BCUT2D eigenvalue weighted by atomic mass is 35.5. The van der Waals surface area contributed by atoms with Gasteiger partial charge in [0.2, 0.25) is 5.91 Å². The van der Waals surface area contributed by atoms with E-state index in [2.05, 4.69) is 21.2 Å². The Morgan fingerprint density at radius 3 is 2.24 bits per heavy atom. The van der Waals surface area contributed by atoms with Gasteiger partial charge >= 0.3 is 5.97 Å². The van der Waals surface area contributed by atoms with Crippen molar-refractivity contribution < 1.29 is 19.1 Å². The van der Waals surface area contributed by atoms with Gasteiger partial charge in [-0.3, -0.25) is 9.69 Å². The lowest BCUT2D eigenvalue weighted by atomic mass is 10.1. The SMILES string of the molecule is COc1ccccc1N1CCN(CCCC(=O)Nc2ccc(C(=O)OC(C)(C)C)cc2)CC1.Cl. The molecule has 34 heavy (non-hydrogen) atoms. The summed E-state index contributed by atoms with van der Waals surface area (Å²) < 4.78 is 10.8. The first-order valence-corrected chi connectivity index (χ1v) is 11.5. The van der Waals surface area contributed by atoms with Crippen molar-refractivity contribution in [1.82, 2.24) is 4.90 Å². The number of nitrogens with zero attached hydrogens (tertiary/aromatic N) is 2. The Morgan fingerprint density at radius 2 is 1.62 bits per heavy atom. The fraction of sp³-hybridized carbons (Fsp3) is 0.462. The zero-order valence-corrected chi connectivity index (χ0v) is 21.3. The molecule has 1 fully saturated rings. The maximum absolute atomic E-state index is 12.3. The second-order valence-corrected chi connectivity index (χ2v) is 9.23. The van der Waals surface area contributed by atoms with Crippen molar-refractivity contribution in [3.05, 3.63) is 54.1 Å². The molecule has 1 amide bonds. The van der Waals surface area contributed by atoms with E-state index in [1.807, 2.05) is 39.0 Å². The summed E-state index contributed by atoms with van der Waals surface area (Å²) in [5.74, 6) is 0.514. The quantitative estimate of drug-likeness (QED) is 0.546. The van der Waals surface area contributed by atoms with Crippen LogP contribution >= 0.6 is 12.4 Å². The minimum Gasteiger partial charge on any atom is -0.495 e. The lowest BCUT2D eigenvalue weighted by Crippen LogP contribution is -2.46. The number of amides is 1. The van der Waals surface area contributed by atoms with E-state index >= 15 is 0 Å². The third kappa shape index (κ3) is 8.22. The Hall–Kier alpha value is -2.77. The molecule has 0 aromatic heterocycles. The van der Waals surface area contributed by atoms with Crippen molar-refractivity contribution in [3.8, 4) is 5.75 Å². The summed E-state index contributed by atoms with van der Waals surface area (Å²) in [5, 5.41) is 2.90. The Labute approximate surface area is 208 Å². The van der Waals surface area contributed by atoms with Crippen LogP contribution in [0.1, 0.15) is 44.0 Å². The summed E-state index contributed by atoms with van der Waals surface area (Å²) in [6.07, 6.45) is 1.26. The molecule has 1 saturated heterocycles. The smallest absolute Gasteiger partial charge is 0.338 e. The minimum absolute atomic E-state index is 0. The molecule has 0 saturated carbocycles. The van der Waals surface area contributed by atoms with E-state index in [0.29, 0.717) is 17.7 Å². The molecule has 1 aliphatic heterocycles. The van der Waals surface area contributed by atoms with Gasteiger partial charge in [-0.2, -0.15) is 0 Å². The van der Waals surface area contributed by atoms with E-state index in [-0.39, 0.29) is 24.3 Å². The monoisotopic (exact) mass is 489 g/mol. The highest BCUT2D eigenvalue weighted by Crippen LogP contribution is 2.28. The molecule has 7 nitrogen and oxygen atoms in total. The van der Waals surface area contributed by atoms with Crippen molar-refractivity contribution in [2.75, 3.05) is 50.1 Å². The predicted molar refractivity (Wildman–Crippen MR) is 138 cm³/mol. The highest BCUT2D eigenvalue weighted by molar-refractivity contribution is 5.93. The molecule has 0 bridgehead atoms. The lowest BCUT2D eigenvalue weighted by molar-refractivity contribution is -0.116. The van der Waals surface area contributed by atoms with E-state index < -0.39 is 5.60 Å². The van der Waals surface area contributed by atoms with Crippen LogP contribution in [0.3, 0.4) is 0 Å². The van der Waals surface area contributed by atoms with Crippen molar-refractivity contribution in [2.24, 2.45) is 0 Å². The fourth-order valence-corrected chi connectivity index (χ4v) is 3.82. The molecule has 2 aromatic carbocycles. The molecular weight excluding hydrogens is 454 g/mol. The maximum Gasteiger partial charge on any atom is 0.338 e. The third-order valence-corrected chi connectivity index (χ3v) is 5.48. The molecule has 8 heteroatoms. The van der Waals surface area contributed by atoms with Crippen LogP contribution in [0.25, 0.3) is 0 Å². The number of carbonyl (C=O) groups is 2. The van der Waals surface area contributed by atoms with Crippen molar-refractivity contribution in [3.63, 3.8) is 0 Å². The normalized spacial score (nSPS) is 14.2. The molecule has 1 N–H and O–H groups in total. The topological polar surface area (TPSA) is 71.1 Å². The number of carbonyl (C=O) groups excluding carboxylic acids is 2. The van der Waals surface area contributed by atoms with Crippen LogP contribution in [0, 0.1) is 0 Å². The highest BCUT2D eigenvalue weighted by Gasteiger charge is 2.20. The van der Waals surface area contributed by atoms with Gasteiger partial charge in [0.25, 0.3) is 0 Å². The van der Waals surface area contributed by atoms with Crippen LogP contribution < -0.4 is 15.0 Å². The van der Waals surface area contributed by atoms with E-state index in [1.165, 1.54) is 0 Å². The standard InChI is InChI=1S/C26H35N3O4.ClH/c1-26(2,3)33-25(31)20-11-13-21(14-12-20)27-24(30)10-7-15-28-16-18-29(19-17-28)22-8-5-6-9-23(22)32-4;/h5-6,8-9,11-14H,7,10,15-19H2,1-4H3,(H,27,30);1H. The van der Waals surface area contributed by atoms with Gasteiger partial charge in [0, 0.05) is 38.3 Å². The Kier molecular flexibility index (Phi) is 10.2. The number of esters is 1. The van der Waals surface area contributed by atoms with E-state index in [0.717, 1.165) is 50.6 Å². The average molecular weight is 490 g/mol. The molecule has 1 heterocycles. The van der Waals surface area contributed by atoms with Gasteiger partial charge in [0.05, 0.1) is 18.4 Å². The number of halogens is 1. The number of piperazine rings is 1. The van der Waals surface area contributed by atoms with Crippen molar-refractivity contribution >= 4 is 35.7 Å².